The second-order valence-corrected chi connectivity index (χ2v) is 10.8. The van der Waals surface area contributed by atoms with Crippen LogP contribution in [0, 0.1) is 0 Å². The molecular formula is C30H36O15. The minimum atomic E-state index is -1.72. The normalized spacial score (nSPS) is 35.1. The highest BCUT2D eigenvalue weighted by Gasteiger charge is 2.55. The molecule has 0 unspecified atom stereocenters. The third-order valence-corrected chi connectivity index (χ3v) is 7.84. The molecule has 0 radical (unpaired) electrons. The van der Waals surface area contributed by atoms with Crippen LogP contribution in [0.15, 0.2) is 42.5 Å². The SMILES string of the molecule is COc1cc(C=CC(=O)O[C@H]2[C@H](O[C@@H]3O[C@@H](C)[C@H](O)[C@@H](O)[C@H]3O)[C@H]3O[C@@H](c4ccc(O)c(O)c4)CO[C@@H]3O[C@@H]2CO)ccc1O. The molecule has 3 heterocycles. The van der Waals surface area contributed by atoms with Gasteiger partial charge in [-0.25, -0.2) is 4.79 Å². The molecule has 3 saturated heterocycles. The molecule has 0 aliphatic carbocycles. The Bertz CT molecular complexity index is 1370. The Balaban J connectivity index is 1.43. The molecule has 0 amide bonds. The number of methoxy groups -OCH3 is 1. The van der Waals surface area contributed by atoms with Crippen molar-refractivity contribution in [1.82, 2.24) is 0 Å². The van der Waals surface area contributed by atoms with Gasteiger partial charge in [0.2, 0.25) is 0 Å². The topological polar surface area (TPSA) is 223 Å². The molecule has 45 heavy (non-hydrogen) atoms. The molecule has 0 aromatic heterocycles. The highest BCUT2D eigenvalue weighted by Crippen LogP contribution is 2.39. The molecule has 0 spiro atoms. The molecule has 5 rings (SSSR count). The van der Waals surface area contributed by atoms with Gasteiger partial charge in [-0.1, -0.05) is 12.1 Å². The first kappa shape index (κ1) is 32.9. The average molecular weight is 637 g/mol. The van der Waals surface area contributed by atoms with Crippen LogP contribution in [0.2, 0.25) is 0 Å². The summed E-state index contributed by atoms with van der Waals surface area (Å²) in [6, 6.07) is 8.48. The van der Waals surface area contributed by atoms with Crippen molar-refractivity contribution >= 4 is 12.0 Å². The first-order valence-corrected chi connectivity index (χ1v) is 14.2. The summed E-state index contributed by atoms with van der Waals surface area (Å²) in [6.45, 7) is 0.752. The molecular weight excluding hydrogens is 600 g/mol. The van der Waals surface area contributed by atoms with Crippen LogP contribution < -0.4 is 4.74 Å². The lowest BCUT2D eigenvalue weighted by Gasteiger charge is -2.50. The maximum absolute atomic E-state index is 13.1. The number of fused-ring (bicyclic) bond motifs is 1. The summed E-state index contributed by atoms with van der Waals surface area (Å²) in [6.07, 6.45) is -11.8. The number of carbonyl (C=O) groups is 1. The number of benzene rings is 2. The number of aliphatic hydroxyl groups excluding tert-OH is 4. The van der Waals surface area contributed by atoms with E-state index in [0.29, 0.717) is 11.1 Å². The molecule has 0 saturated carbocycles. The highest BCUT2D eigenvalue weighted by atomic mass is 16.8. The van der Waals surface area contributed by atoms with Gasteiger partial charge in [0.1, 0.15) is 42.7 Å². The molecule has 15 heteroatoms. The van der Waals surface area contributed by atoms with Crippen molar-refractivity contribution in [2.45, 2.75) is 74.4 Å². The van der Waals surface area contributed by atoms with Crippen LogP contribution in [0.4, 0.5) is 0 Å². The number of esters is 1. The number of hydrogen-bond donors (Lipinski definition) is 7. The lowest BCUT2D eigenvalue weighted by molar-refractivity contribution is -0.384. The predicted molar refractivity (Wildman–Crippen MR) is 150 cm³/mol. The maximum atomic E-state index is 13.1. The number of rotatable bonds is 8. The zero-order valence-corrected chi connectivity index (χ0v) is 24.3. The van der Waals surface area contributed by atoms with E-state index >= 15 is 0 Å². The molecule has 15 nitrogen and oxygen atoms in total. The van der Waals surface area contributed by atoms with Crippen LogP contribution in [0.1, 0.15) is 24.2 Å². The number of aliphatic hydroxyl groups is 4. The molecule has 0 bridgehead atoms. The van der Waals surface area contributed by atoms with Gasteiger partial charge in [-0.3, -0.25) is 0 Å². The van der Waals surface area contributed by atoms with Crippen molar-refractivity contribution in [3.05, 3.63) is 53.6 Å². The third kappa shape index (κ3) is 7.01. The average Bonchev–Trinajstić information content (AvgIpc) is 3.03. The second kappa shape index (κ2) is 13.9. The van der Waals surface area contributed by atoms with Crippen LogP contribution in [0.5, 0.6) is 23.0 Å². The van der Waals surface area contributed by atoms with E-state index in [2.05, 4.69) is 0 Å². The summed E-state index contributed by atoms with van der Waals surface area (Å²) in [4.78, 5) is 13.1. The van der Waals surface area contributed by atoms with E-state index in [1.165, 1.54) is 56.5 Å². The van der Waals surface area contributed by atoms with Crippen LogP contribution in [0.3, 0.4) is 0 Å². The van der Waals surface area contributed by atoms with Crippen LogP contribution in [0.25, 0.3) is 6.08 Å². The minimum Gasteiger partial charge on any atom is -0.504 e. The van der Waals surface area contributed by atoms with Gasteiger partial charge in [0.15, 0.2) is 41.7 Å². The summed E-state index contributed by atoms with van der Waals surface area (Å²) < 4.78 is 40.6. The molecule has 3 aliphatic rings. The van der Waals surface area contributed by atoms with Gasteiger partial charge in [-0.2, -0.15) is 0 Å². The summed E-state index contributed by atoms with van der Waals surface area (Å²) in [5.41, 5.74) is 0.922. The van der Waals surface area contributed by atoms with Crippen molar-refractivity contribution < 1.29 is 73.7 Å². The summed E-state index contributed by atoms with van der Waals surface area (Å²) in [5.74, 6) is -1.52. The van der Waals surface area contributed by atoms with Gasteiger partial charge in [-0.15, -0.1) is 0 Å². The number of phenolic OH excluding ortho intramolecular Hbond substituents is 3. The molecule has 3 aliphatic heterocycles. The highest BCUT2D eigenvalue weighted by molar-refractivity contribution is 5.87. The molecule has 2 aromatic rings. The van der Waals surface area contributed by atoms with Gasteiger partial charge in [-0.05, 0) is 48.4 Å². The van der Waals surface area contributed by atoms with Gasteiger partial charge in [0, 0.05) is 6.08 Å². The lowest BCUT2D eigenvalue weighted by atomic mass is 9.95. The molecule has 2 aromatic carbocycles. The number of aromatic hydroxyl groups is 3. The first-order valence-electron chi connectivity index (χ1n) is 14.2. The number of carbonyl (C=O) groups excluding carboxylic acids is 1. The smallest absolute Gasteiger partial charge is 0.331 e. The van der Waals surface area contributed by atoms with E-state index in [1.54, 1.807) is 0 Å². The fraction of sp³-hybridized carbons (Fsp3) is 0.500. The monoisotopic (exact) mass is 636 g/mol. The van der Waals surface area contributed by atoms with Gasteiger partial charge in [0.25, 0.3) is 0 Å². The maximum Gasteiger partial charge on any atom is 0.331 e. The Labute approximate surface area is 257 Å². The van der Waals surface area contributed by atoms with Crippen LogP contribution in [-0.4, -0.2) is 123 Å². The van der Waals surface area contributed by atoms with Crippen LogP contribution >= 0.6 is 0 Å². The largest absolute Gasteiger partial charge is 0.504 e. The lowest BCUT2D eigenvalue weighted by Crippen LogP contribution is -2.66. The number of phenols is 3. The summed E-state index contributed by atoms with van der Waals surface area (Å²) in [5, 5.41) is 71.0. The Morgan fingerprint density at radius 1 is 0.933 bits per heavy atom. The van der Waals surface area contributed by atoms with E-state index in [4.69, 9.17) is 33.2 Å². The third-order valence-electron chi connectivity index (χ3n) is 7.84. The fourth-order valence-electron chi connectivity index (χ4n) is 5.34. The fourth-order valence-corrected chi connectivity index (χ4v) is 5.34. The van der Waals surface area contributed by atoms with Gasteiger partial charge >= 0.3 is 5.97 Å². The Morgan fingerprint density at radius 2 is 1.69 bits per heavy atom. The van der Waals surface area contributed by atoms with E-state index in [-0.39, 0.29) is 23.9 Å². The minimum absolute atomic E-state index is 0.0654. The van der Waals surface area contributed by atoms with Crippen molar-refractivity contribution in [3.8, 4) is 23.0 Å². The van der Waals surface area contributed by atoms with Crippen molar-refractivity contribution in [2.24, 2.45) is 0 Å². The zero-order chi connectivity index (χ0) is 32.4. The van der Waals surface area contributed by atoms with Gasteiger partial charge in [0.05, 0.1) is 26.4 Å². The van der Waals surface area contributed by atoms with Crippen LogP contribution in [-0.2, 0) is 33.2 Å². The molecule has 246 valence electrons. The van der Waals surface area contributed by atoms with E-state index in [9.17, 15) is 40.5 Å². The van der Waals surface area contributed by atoms with E-state index in [1.807, 2.05) is 0 Å². The Kier molecular flexibility index (Phi) is 10.1. The van der Waals surface area contributed by atoms with Crippen molar-refractivity contribution in [1.29, 1.82) is 0 Å². The molecule has 7 N–H and O–H groups in total. The van der Waals surface area contributed by atoms with E-state index < -0.39 is 85.8 Å². The van der Waals surface area contributed by atoms with Crippen molar-refractivity contribution in [3.63, 3.8) is 0 Å². The van der Waals surface area contributed by atoms with Crippen molar-refractivity contribution in [2.75, 3.05) is 20.3 Å². The molecule has 11 atom stereocenters. The summed E-state index contributed by atoms with van der Waals surface area (Å²) in [7, 11) is 1.38. The second-order valence-electron chi connectivity index (χ2n) is 10.8. The standard InChI is InChI=1S/C30H36O15/c1-13-23(36)24(37)25(38)29(41-13)45-27-26(44-22(35)8-4-14-3-6-17(33)19(9-14)39-2)20(11-31)43-30-28(27)42-21(12-40-30)15-5-7-16(32)18(34)10-15/h3-10,13,20-21,23-34,36-38H,11-12H2,1-2H3/t13-,20+,21+,23-,24+,25+,26+,27-,28+,29-,30+/m0/s1. The predicted octanol–water partition coefficient (Wildman–Crippen LogP) is -0.176. The Morgan fingerprint density at radius 3 is 2.40 bits per heavy atom. The van der Waals surface area contributed by atoms with Gasteiger partial charge < -0.3 is 68.9 Å². The Hall–Kier alpha value is -3.51. The van der Waals surface area contributed by atoms with E-state index in [0.717, 1.165) is 6.08 Å². The summed E-state index contributed by atoms with van der Waals surface area (Å²) >= 11 is 0. The quantitative estimate of drug-likeness (QED) is 0.113. The zero-order valence-electron chi connectivity index (χ0n) is 24.3. The number of hydrogen-bond acceptors (Lipinski definition) is 15. The molecule has 3 fully saturated rings. The first-order chi connectivity index (χ1) is 21.5. The number of ether oxygens (including phenoxy) is 7.